The maximum absolute atomic E-state index is 14.2. The van der Waals surface area contributed by atoms with E-state index in [0.717, 1.165) is 44.6 Å². The van der Waals surface area contributed by atoms with Crippen molar-refractivity contribution in [3.63, 3.8) is 0 Å². The third kappa shape index (κ3) is 6.86. The second-order valence-corrected chi connectivity index (χ2v) is 10.4. The summed E-state index contributed by atoms with van der Waals surface area (Å²) in [5, 5.41) is 4.36. The van der Waals surface area contributed by atoms with Crippen molar-refractivity contribution in [2.24, 2.45) is 0 Å². The summed E-state index contributed by atoms with van der Waals surface area (Å²) in [6.07, 6.45) is 3.73. The van der Waals surface area contributed by atoms with E-state index in [0.29, 0.717) is 39.7 Å². The minimum absolute atomic E-state index is 0.203. The zero-order valence-corrected chi connectivity index (χ0v) is 25.3. The second-order valence-electron chi connectivity index (χ2n) is 9.61. The molecule has 0 unspecified atom stereocenters. The molecule has 11 heteroatoms. The number of rotatable bonds is 13. The van der Waals surface area contributed by atoms with E-state index < -0.39 is 0 Å². The van der Waals surface area contributed by atoms with Gasteiger partial charge in [-0.3, -0.25) is 9.36 Å². The van der Waals surface area contributed by atoms with E-state index in [4.69, 9.17) is 43.4 Å². The molecule has 0 atom stereocenters. The molecule has 3 N–H and O–H groups in total. The molecule has 0 aliphatic rings. The van der Waals surface area contributed by atoms with Gasteiger partial charge in [-0.05, 0) is 56.2 Å². The van der Waals surface area contributed by atoms with Crippen molar-refractivity contribution in [2.75, 3.05) is 51.4 Å². The first-order chi connectivity index (χ1) is 19.8. The van der Waals surface area contributed by atoms with Crippen LogP contribution in [0.3, 0.4) is 0 Å². The van der Waals surface area contributed by atoms with Crippen molar-refractivity contribution in [3.8, 4) is 22.6 Å². The van der Waals surface area contributed by atoms with Crippen LogP contribution in [0.2, 0.25) is 10.0 Å². The zero-order chi connectivity index (χ0) is 29.5. The Morgan fingerprint density at radius 1 is 1.02 bits per heavy atom. The van der Waals surface area contributed by atoms with E-state index in [1.807, 2.05) is 18.2 Å². The van der Waals surface area contributed by atoms with Gasteiger partial charge in [0.1, 0.15) is 17.1 Å². The Labute approximate surface area is 250 Å². The predicted octanol–water partition coefficient (Wildman–Crippen LogP) is 5.95. The van der Waals surface area contributed by atoms with Gasteiger partial charge < -0.3 is 25.4 Å². The first-order valence-corrected chi connectivity index (χ1v) is 14.4. The van der Waals surface area contributed by atoms with Crippen LogP contribution in [0.1, 0.15) is 32.3 Å². The van der Waals surface area contributed by atoms with E-state index in [-0.39, 0.29) is 27.7 Å². The number of aromatic nitrogens is 3. The summed E-state index contributed by atoms with van der Waals surface area (Å²) < 4.78 is 12.5. The average Bonchev–Trinajstić information content (AvgIpc) is 2.97. The van der Waals surface area contributed by atoms with Gasteiger partial charge in [-0.1, -0.05) is 49.2 Å². The van der Waals surface area contributed by atoms with Crippen molar-refractivity contribution >= 4 is 45.9 Å². The van der Waals surface area contributed by atoms with Crippen LogP contribution in [0.15, 0.2) is 47.4 Å². The van der Waals surface area contributed by atoms with Crippen LogP contribution in [0.4, 0.5) is 11.6 Å². The highest BCUT2D eigenvalue weighted by Gasteiger charge is 2.23. The lowest BCUT2D eigenvalue weighted by atomic mass is 10.0. The topological polar surface area (TPSA) is 108 Å². The number of methoxy groups -OCH3 is 2. The number of halogens is 2. The standard InChI is InChI=1S/C30H36Cl2N6O3/c1-5-37(6-2)13-8-7-12-34-30-35-17-20-15-22(25-26(31)23(40-3)16-24(41-4)27(25)32)29(39)38(28(20)36-30)18-19-10-9-11-21(33)14-19/h9-11,14-17H,5-8,12-13,18,33H2,1-4H3,(H,34,35,36). The lowest BCUT2D eigenvalue weighted by Gasteiger charge is -2.18. The first-order valence-electron chi connectivity index (χ1n) is 13.6. The van der Waals surface area contributed by atoms with Gasteiger partial charge >= 0.3 is 0 Å². The Balaban J connectivity index is 1.79. The highest BCUT2D eigenvalue weighted by atomic mass is 35.5. The quantitative estimate of drug-likeness (QED) is 0.144. The average molecular weight is 600 g/mol. The van der Waals surface area contributed by atoms with E-state index in [9.17, 15) is 4.79 Å². The molecule has 0 saturated carbocycles. The number of nitrogens with one attached hydrogen (secondary N) is 1. The van der Waals surface area contributed by atoms with Crippen molar-refractivity contribution in [3.05, 3.63) is 68.6 Å². The molecule has 0 fully saturated rings. The number of anilines is 2. The summed E-state index contributed by atoms with van der Waals surface area (Å²) in [6, 6.07) is 10.7. The van der Waals surface area contributed by atoms with E-state index in [1.54, 1.807) is 29.0 Å². The van der Waals surface area contributed by atoms with Crippen LogP contribution in [-0.4, -0.2) is 59.8 Å². The fraction of sp³-hybridized carbons (Fsp3) is 0.367. The molecule has 2 heterocycles. The molecular formula is C30H36Cl2N6O3. The summed E-state index contributed by atoms with van der Waals surface area (Å²) in [7, 11) is 2.98. The van der Waals surface area contributed by atoms with Crippen LogP contribution < -0.4 is 26.1 Å². The molecule has 0 aliphatic heterocycles. The molecule has 41 heavy (non-hydrogen) atoms. The Kier molecular flexibility index (Phi) is 10.3. The summed E-state index contributed by atoms with van der Waals surface area (Å²) in [5.74, 6) is 1.12. The highest BCUT2D eigenvalue weighted by molar-refractivity contribution is 6.41. The molecule has 0 aliphatic carbocycles. The minimum Gasteiger partial charge on any atom is -0.495 e. The van der Waals surface area contributed by atoms with Gasteiger partial charge in [0.25, 0.3) is 5.56 Å². The van der Waals surface area contributed by atoms with Gasteiger partial charge in [0.2, 0.25) is 5.95 Å². The fourth-order valence-electron chi connectivity index (χ4n) is 4.77. The van der Waals surface area contributed by atoms with Crippen LogP contribution in [0.25, 0.3) is 22.2 Å². The third-order valence-electron chi connectivity index (χ3n) is 7.04. The van der Waals surface area contributed by atoms with Crippen LogP contribution in [-0.2, 0) is 6.54 Å². The van der Waals surface area contributed by atoms with Gasteiger partial charge in [-0.15, -0.1) is 0 Å². The van der Waals surface area contributed by atoms with Crippen LogP contribution in [0, 0.1) is 0 Å². The Bertz CT molecular complexity index is 1540. The smallest absolute Gasteiger partial charge is 0.260 e. The van der Waals surface area contributed by atoms with E-state index in [2.05, 4.69) is 29.0 Å². The number of ether oxygens (including phenoxy) is 2. The lowest BCUT2D eigenvalue weighted by Crippen LogP contribution is -2.25. The number of nitrogen functional groups attached to an aromatic ring is 1. The molecule has 0 radical (unpaired) electrons. The number of hydrogen-bond acceptors (Lipinski definition) is 8. The molecule has 4 rings (SSSR count). The van der Waals surface area contributed by atoms with Gasteiger partial charge in [0, 0.05) is 35.4 Å². The zero-order valence-electron chi connectivity index (χ0n) is 23.8. The van der Waals surface area contributed by atoms with Gasteiger partial charge in [0.05, 0.1) is 36.4 Å². The summed E-state index contributed by atoms with van der Waals surface area (Å²) in [5.41, 5.74) is 8.21. The second kappa shape index (κ2) is 13.9. The summed E-state index contributed by atoms with van der Waals surface area (Å²) >= 11 is 13.4. The number of benzene rings is 2. The number of fused-ring (bicyclic) bond motifs is 1. The molecule has 2 aromatic carbocycles. The molecule has 2 aromatic heterocycles. The molecular weight excluding hydrogens is 563 g/mol. The van der Waals surface area contributed by atoms with E-state index >= 15 is 0 Å². The monoisotopic (exact) mass is 598 g/mol. The number of nitrogens with zero attached hydrogens (tertiary/aromatic N) is 4. The Morgan fingerprint density at radius 3 is 2.37 bits per heavy atom. The fourth-order valence-corrected chi connectivity index (χ4v) is 5.47. The molecule has 218 valence electrons. The normalized spacial score (nSPS) is 11.3. The number of nitrogens with two attached hydrogens (primary N) is 1. The van der Waals surface area contributed by atoms with Gasteiger partial charge in [-0.25, -0.2) is 4.98 Å². The third-order valence-corrected chi connectivity index (χ3v) is 7.79. The van der Waals surface area contributed by atoms with Crippen molar-refractivity contribution in [2.45, 2.75) is 33.2 Å². The number of hydrogen-bond donors (Lipinski definition) is 2. The van der Waals surface area contributed by atoms with Crippen LogP contribution in [0.5, 0.6) is 11.5 Å². The lowest BCUT2D eigenvalue weighted by molar-refractivity contribution is 0.298. The SMILES string of the molecule is CCN(CC)CCCCNc1ncc2cc(-c3c(Cl)c(OC)cc(OC)c3Cl)c(=O)n(Cc3cccc(N)c3)c2n1. The van der Waals surface area contributed by atoms with Crippen molar-refractivity contribution < 1.29 is 9.47 Å². The number of pyridine rings is 1. The van der Waals surface area contributed by atoms with Crippen molar-refractivity contribution in [1.82, 2.24) is 19.4 Å². The van der Waals surface area contributed by atoms with Crippen LogP contribution >= 0.6 is 23.2 Å². The Morgan fingerprint density at radius 2 is 1.73 bits per heavy atom. The van der Waals surface area contributed by atoms with Gasteiger partial charge in [0.15, 0.2) is 0 Å². The molecule has 9 nitrogen and oxygen atoms in total. The molecule has 0 bridgehead atoms. The number of unbranched alkanes of at least 4 members (excludes halogenated alkanes) is 1. The molecule has 0 amide bonds. The maximum Gasteiger partial charge on any atom is 0.260 e. The highest BCUT2D eigenvalue weighted by Crippen LogP contribution is 2.45. The molecule has 4 aromatic rings. The molecule has 0 spiro atoms. The largest absolute Gasteiger partial charge is 0.495 e. The predicted molar refractivity (Wildman–Crippen MR) is 168 cm³/mol. The maximum atomic E-state index is 14.2. The summed E-state index contributed by atoms with van der Waals surface area (Å²) in [6.45, 7) is 8.44. The summed E-state index contributed by atoms with van der Waals surface area (Å²) in [4.78, 5) is 25.8. The van der Waals surface area contributed by atoms with Crippen molar-refractivity contribution in [1.29, 1.82) is 0 Å². The first kappa shape index (κ1) is 30.4. The molecule has 0 saturated heterocycles. The van der Waals surface area contributed by atoms with E-state index in [1.165, 1.54) is 14.2 Å². The Hall–Kier alpha value is -3.53. The minimum atomic E-state index is -0.331. The van der Waals surface area contributed by atoms with Gasteiger partial charge in [-0.2, -0.15) is 4.98 Å².